The first-order valence-electron chi connectivity index (χ1n) is 10.1. The molecule has 0 aliphatic heterocycles. The zero-order valence-corrected chi connectivity index (χ0v) is 17.6. The van der Waals surface area contributed by atoms with E-state index in [9.17, 15) is 19.8 Å². The number of hydrogen-bond acceptors (Lipinski definition) is 5. The third-order valence-electron chi connectivity index (χ3n) is 4.95. The smallest absolute Gasteiger partial charge is 0.166 e. The van der Waals surface area contributed by atoms with Gasteiger partial charge < -0.3 is 14.9 Å². The zero-order valence-electron chi connectivity index (χ0n) is 17.6. The van der Waals surface area contributed by atoms with Crippen LogP contribution in [0.25, 0.3) is 12.2 Å². The van der Waals surface area contributed by atoms with Gasteiger partial charge in [-0.2, -0.15) is 0 Å². The third-order valence-corrected chi connectivity index (χ3v) is 4.95. The Kier molecular flexibility index (Phi) is 7.60. The van der Waals surface area contributed by atoms with Crippen LogP contribution in [0.2, 0.25) is 0 Å². The summed E-state index contributed by atoms with van der Waals surface area (Å²) in [5.74, 6) is -0.531. The molecule has 0 spiro atoms. The van der Waals surface area contributed by atoms with Crippen LogP contribution in [-0.4, -0.2) is 28.9 Å². The number of carbonyl (C=O) groups is 2. The second-order valence-corrected chi connectivity index (χ2v) is 7.26. The maximum absolute atomic E-state index is 13.0. The molecule has 0 saturated carbocycles. The predicted molar refractivity (Wildman–Crippen MR) is 124 cm³/mol. The Bertz CT molecular complexity index is 1040. The van der Waals surface area contributed by atoms with Gasteiger partial charge >= 0.3 is 0 Å². The molecule has 0 atom stereocenters. The lowest BCUT2D eigenvalue weighted by atomic mass is 9.90. The van der Waals surface area contributed by atoms with E-state index in [1.165, 1.54) is 36.4 Å². The molecule has 0 aromatic heterocycles. The van der Waals surface area contributed by atoms with Crippen LogP contribution < -0.4 is 4.74 Å². The van der Waals surface area contributed by atoms with E-state index in [1.807, 2.05) is 12.1 Å². The highest BCUT2D eigenvalue weighted by Crippen LogP contribution is 2.19. The number of methoxy groups -OCH3 is 1. The van der Waals surface area contributed by atoms with Crippen LogP contribution in [0.4, 0.5) is 0 Å². The largest absolute Gasteiger partial charge is 0.508 e. The quantitative estimate of drug-likeness (QED) is 0.377. The first kappa shape index (κ1) is 22.6. The molecular formula is C27H24O5. The number of aromatic hydroxyl groups is 2. The average Bonchev–Trinajstić information content (AvgIpc) is 2.82. The molecule has 0 saturated heterocycles. The molecule has 162 valence electrons. The number of hydrogen-bond donors (Lipinski definition) is 2. The number of phenols is 2. The van der Waals surface area contributed by atoms with Crippen molar-refractivity contribution >= 4 is 23.7 Å². The Labute approximate surface area is 186 Å². The molecule has 0 amide bonds. The Morgan fingerprint density at radius 1 is 0.750 bits per heavy atom. The summed E-state index contributed by atoms with van der Waals surface area (Å²) in [5, 5.41) is 18.8. The van der Waals surface area contributed by atoms with Crippen molar-refractivity contribution in [3.05, 3.63) is 102 Å². The summed E-state index contributed by atoms with van der Waals surface area (Å²) in [6.45, 7) is 0. The fourth-order valence-electron chi connectivity index (χ4n) is 3.10. The average molecular weight is 428 g/mol. The summed E-state index contributed by atoms with van der Waals surface area (Å²) in [6, 6.07) is 20.1. The lowest BCUT2D eigenvalue weighted by Gasteiger charge is -2.12. The van der Waals surface area contributed by atoms with E-state index in [2.05, 4.69) is 0 Å². The van der Waals surface area contributed by atoms with Crippen LogP contribution in [0.15, 0.2) is 84.9 Å². The summed E-state index contributed by atoms with van der Waals surface area (Å²) in [5.41, 5.74) is 2.33. The summed E-state index contributed by atoms with van der Waals surface area (Å²) >= 11 is 0. The van der Waals surface area contributed by atoms with Gasteiger partial charge in [0.1, 0.15) is 17.2 Å². The van der Waals surface area contributed by atoms with Crippen molar-refractivity contribution in [2.45, 2.75) is 6.42 Å². The van der Waals surface area contributed by atoms with Crippen LogP contribution >= 0.6 is 0 Å². The van der Waals surface area contributed by atoms with Crippen molar-refractivity contribution in [2.75, 3.05) is 7.11 Å². The van der Waals surface area contributed by atoms with Gasteiger partial charge in [-0.3, -0.25) is 9.59 Å². The van der Waals surface area contributed by atoms with Crippen LogP contribution in [0.5, 0.6) is 17.2 Å². The van der Waals surface area contributed by atoms with E-state index in [4.69, 9.17) is 4.74 Å². The number of ketones is 2. The summed E-state index contributed by atoms with van der Waals surface area (Å²) < 4.78 is 5.17. The van der Waals surface area contributed by atoms with Gasteiger partial charge in [0, 0.05) is 0 Å². The Morgan fingerprint density at radius 3 is 1.59 bits per heavy atom. The van der Waals surface area contributed by atoms with E-state index in [1.54, 1.807) is 55.7 Å². The third kappa shape index (κ3) is 6.44. The molecule has 0 heterocycles. The van der Waals surface area contributed by atoms with Crippen molar-refractivity contribution in [1.29, 1.82) is 0 Å². The Balaban J connectivity index is 1.81. The van der Waals surface area contributed by atoms with Crippen molar-refractivity contribution in [2.24, 2.45) is 5.92 Å². The number of ether oxygens (including phenoxy) is 1. The minimum Gasteiger partial charge on any atom is -0.508 e. The molecule has 3 aromatic rings. The van der Waals surface area contributed by atoms with E-state index < -0.39 is 5.92 Å². The molecule has 2 N–H and O–H groups in total. The summed E-state index contributed by atoms with van der Waals surface area (Å²) in [6.07, 6.45) is 6.29. The number of benzene rings is 3. The van der Waals surface area contributed by atoms with Gasteiger partial charge in [0.2, 0.25) is 0 Å². The number of carbonyl (C=O) groups excluding carboxylic acids is 2. The van der Waals surface area contributed by atoms with Crippen LogP contribution in [0.1, 0.15) is 16.7 Å². The first-order valence-corrected chi connectivity index (χ1v) is 10.1. The SMILES string of the molecule is COc1ccc(CC(C(=O)/C=C/c2ccc(O)cc2)C(=O)/C=C/c2ccc(O)cc2)cc1. The molecule has 0 unspecified atom stereocenters. The van der Waals surface area contributed by atoms with Crippen molar-refractivity contribution < 1.29 is 24.5 Å². The van der Waals surface area contributed by atoms with Crippen molar-refractivity contribution in [3.8, 4) is 17.2 Å². The maximum atomic E-state index is 13.0. The molecule has 0 aliphatic rings. The van der Waals surface area contributed by atoms with Gasteiger partial charge in [-0.15, -0.1) is 0 Å². The molecule has 3 rings (SSSR count). The van der Waals surface area contributed by atoms with E-state index >= 15 is 0 Å². The van der Waals surface area contributed by atoms with Crippen LogP contribution in [0, 0.1) is 5.92 Å². The minimum atomic E-state index is -0.884. The lowest BCUT2D eigenvalue weighted by Crippen LogP contribution is -2.23. The standard InChI is InChI=1S/C27H24O5/c1-32-24-14-6-21(7-15-24)18-25(26(30)16-8-19-2-10-22(28)11-3-19)27(31)17-9-20-4-12-23(29)13-5-20/h2-17,25,28-29H,18H2,1H3/b16-8+,17-9+. The fourth-order valence-corrected chi connectivity index (χ4v) is 3.10. The molecule has 0 aliphatic carbocycles. The molecular weight excluding hydrogens is 404 g/mol. The maximum Gasteiger partial charge on any atom is 0.166 e. The van der Waals surface area contributed by atoms with Gasteiger partial charge in [0.25, 0.3) is 0 Å². The van der Waals surface area contributed by atoms with Crippen molar-refractivity contribution in [1.82, 2.24) is 0 Å². The molecule has 5 nitrogen and oxygen atoms in total. The van der Waals surface area contributed by atoms with Gasteiger partial charge in [0.15, 0.2) is 11.6 Å². The summed E-state index contributed by atoms with van der Waals surface area (Å²) in [7, 11) is 1.58. The second-order valence-electron chi connectivity index (χ2n) is 7.26. The fraction of sp³-hybridized carbons (Fsp3) is 0.111. The molecule has 0 radical (unpaired) electrons. The van der Waals surface area contributed by atoms with Crippen molar-refractivity contribution in [3.63, 3.8) is 0 Å². The Hall–Kier alpha value is -4.12. The van der Waals surface area contributed by atoms with E-state index in [0.717, 1.165) is 16.7 Å². The summed E-state index contributed by atoms with van der Waals surface area (Å²) in [4.78, 5) is 25.9. The number of allylic oxidation sites excluding steroid dienone is 2. The highest BCUT2D eigenvalue weighted by Gasteiger charge is 2.23. The molecule has 0 fully saturated rings. The predicted octanol–water partition coefficient (Wildman–Crippen LogP) is 4.83. The van der Waals surface area contributed by atoms with Gasteiger partial charge in [0.05, 0.1) is 13.0 Å². The van der Waals surface area contributed by atoms with Gasteiger partial charge in [-0.1, -0.05) is 48.6 Å². The van der Waals surface area contributed by atoms with E-state index in [-0.39, 0.29) is 29.5 Å². The Morgan fingerprint density at radius 2 is 1.19 bits per heavy atom. The highest BCUT2D eigenvalue weighted by molar-refractivity contribution is 6.13. The molecule has 3 aromatic carbocycles. The van der Waals surface area contributed by atoms with Gasteiger partial charge in [-0.05, 0) is 71.7 Å². The normalized spacial score (nSPS) is 11.3. The van der Waals surface area contributed by atoms with Gasteiger partial charge in [-0.25, -0.2) is 0 Å². The number of phenolic OH excluding ortho intramolecular Hbond substituents is 2. The zero-order chi connectivity index (χ0) is 22.9. The van der Waals surface area contributed by atoms with Crippen LogP contribution in [0.3, 0.4) is 0 Å². The first-order chi connectivity index (χ1) is 15.4. The number of rotatable bonds is 9. The molecule has 5 heteroatoms. The topological polar surface area (TPSA) is 83.8 Å². The monoisotopic (exact) mass is 428 g/mol. The molecule has 32 heavy (non-hydrogen) atoms. The molecule has 0 bridgehead atoms. The van der Waals surface area contributed by atoms with E-state index in [0.29, 0.717) is 5.75 Å². The second kappa shape index (κ2) is 10.8. The minimum absolute atomic E-state index is 0.139. The lowest BCUT2D eigenvalue weighted by molar-refractivity contribution is -0.127. The highest BCUT2D eigenvalue weighted by atomic mass is 16.5. The van der Waals surface area contributed by atoms with Crippen LogP contribution in [-0.2, 0) is 16.0 Å².